The number of nitrogens with one attached hydrogen (secondary N) is 1. The van der Waals surface area contributed by atoms with Gasteiger partial charge in [-0.2, -0.15) is 0 Å². The van der Waals surface area contributed by atoms with E-state index in [4.69, 9.17) is 4.42 Å². The molecule has 0 fully saturated rings. The van der Waals surface area contributed by atoms with Gasteiger partial charge in [-0.3, -0.25) is 10.1 Å². The van der Waals surface area contributed by atoms with Gasteiger partial charge in [0.05, 0.1) is 21.6 Å². The highest BCUT2D eigenvalue weighted by Gasteiger charge is 2.12. The molecular formula is C13H14BrN3O3. The van der Waals surface area contributed by atoms with Crippen LogP contribution in [0.25, 0.3) is 0 Å². The van der Waals surface area contributed by atoms with Crippen molar-refractivity contribution in [2.45, 2.75) is 26.9 Å². The molecule has 0 aliphatic heterocycles. The lowest BCUT2D eigenvalue weighted by molar-refractivity contribution is -0.385. The molecule has 20 heavy (non-hydrogen) atoms. The Kier molecular flexibility index (Phi) is 4.51. The summed E-state index contributed by atoms with van der Waals surface area (Å²) in [5.74, 6) is 1.42. The highest BCUT2D eigenvalue weighted by molar-refractivity contribution is 9.10. The standard InChI is InChI=1S/C13H14BrN3O3/c1-8-9(2)20-13(16-8)7-15-6-10-3-4-11(14)12(5-10)17(18)19/h3-5,15H,6-7H2,1-2H3. The Labute approximate surface area is 124 Å². The van der Waals surface area contributed by atoms with E-state index >= 15 is 0 Å². The van der Waals surface area contributed by atoms with Gasteiger partial charge in [-0.05, 0) is 41.4 Å². The van der Waals surface area contributed by atoms with Crippen LogP contribution < -0.4 is 5.32 Å². The maximum absolute atomic E-state index is 10.8. The molecule has 0 spiro atoms. The second kappa shape index (κ2) is 6.15. The first kappa shape index (κ1) is 14.7. The van der Waals surface area contributed by atoms with Crippen LogP contribution in [0.2, 0.25) is 0 Å². The Morgan fingerprint density at radius 2 is 2.15 bits per heavy atom. The Morgan fingerprint density at radius 3 is 2.75 bits per heavy atom. The summed E-state index contributed by atoms with van der Waals surface area (Å²) in [6.07, 6.45) is 0. The van der Waals surface area contributed by atoms with Gasteiger partial charge >= 0.3 is 0 Å². The van der Waals surface area contributed by atoms with Gasteiger partial charge < -0.3 is 9.73 Å². The Hall–Kier alpha value is -1.73. The number of hydrogen-bond donors (Lipinski definition) is 1. The highest BCUT2D eigenvalue weighted by atomic mass is 79.9. The first-order valence-electron chi connectivity index (χ1n) is 6.04. The number of aryl methyl sites for hydroxylation is 2. The minimum Gasteiger partial charge on any atom is -0.444 e. The molecule has 1 heterocycles. The van der Waals surface area contributed by atoms with Crippen molar-refractivity contribution in [3.05, 3.63) is 55.7 Å². The minimum absolute atomic E-state index is 0.0621. The van der Waals surface area contributed by atoms with Crippen molar-refractivity contribution in [3.63, 3.8) is 0 Å². The SMILES string of the molecule is Cc1nc(CNCc2ccc(Br)c([N+](=O)[O-])c2)oc1C. The lowest BCUT2D eigenvalue weighted by Gasteiger charge is -2.03. The van der Waals surface area contributed by atoms with Gasteiger partial charge in [0.15, 0.2) is 0 Å². The molecule has 1 aromatic carbocycles. The van der Waals surface area contributed by atoms with E-state index in [0.717, 1.165) is 17.0 Å². The number of nitro groups is 1. The molecule has 1 N–H and O–H groups in total. The zero-order valence-electron chi connectivity index (χ0n) is 11.1. The van der Waals surface area contributed by atoms with Crippen molar-refractivity contribution in [3.8, 4) is 0 Å². The quantitative estimate of drug-likeness (QED) is 0.667. The summed E-state index contributed by atoms with van der Waals surface area (Å²) in [5.41, 5.74) is 1.77. The molecule has 1 aromatic heterocycles. The number of nitro benzene ring substituents is 1. The number of halogens is 1. The number of hydrogen-bond acceptors (Lipinski definition) is 5. The molecule has 106 valence electrons. The summed E-state index contributed by atoms with van der Waals surface area (Å²) in [6, 6.07) is 5.05. The molecule has 0 saturated carbocycles. The van der Waals surface area contributed by atoms with Gasteiger partial charge in [-0.1, -0.05) is 6.07 Å². The summed E-state index contributed by atoms with van der Waals surface area (Å²) in [5, 5.41) is 14.0. The molecule has 0 aliphatic rings. The van der Waals surface area contributed by atoms with Crippen molar-refractivity contribution in [1.29, 1.82) is 0 Å². The summed E-state index contributed by atoms with van der Waals surface area (Å²) in [6.45, 7) is 4.75. The average molecular weight is 340 g/mol. The van der Waals surface area contributed by atoms with Crippen LogP contribution in [0, 0.1) is 24.0 Å². The fraction of sp³-hybridized carbons (Fsp3) is 0.308. The van der Waals surface area contributed by atoms with Crippen LogP contribution in [-0.4, -0.2) is 9.91 Å². The molecule has 2 rings (SSSR count). The van der Waals surface area contributed by atoms with E-state index in [-0.39, 0.29) is 5.69 Å². The second-order valence-electron chi connectivity index (χ2n) is 4.40. The molecule has 0 radical (unpaired) electrons. The lowest BCUT2D eigenvalue weighted by Crippen LogP contribution is -2.13. The summed E-state index contributed by atoms with van der Waals surface area (Å²) in [7, 11) is 0. The number of aromatic nitrogens is 1. The van der Waals surface area contributed by atoms with Gasteiger partial charge in [-0.25, -0.2) is 4.98 Å². The van der Waals surface area contributed by atoms with Crippen LogP contribution in [0.5, 0.6) is 0 Å². The predicted molar refractivity (Wildman–Crippen MR) is 77.3 cm³/mol. The largest absolute Gasteiger partial charge is 0.444 e. The Balaban J connectivity index is 1.97. The third-order valence-electron chi connectivity index (χ3n) is 2.89. The molecule has 0 aliphatic carbocycles. The van der Waals surface area contributed by atoms with E-state index < -0.39 is 4.92 Å². The van der Waals surface area contributed by atoms with Crippen molar-refractivity contribution in [2.75, 3.05) is 0 Å². The molecule has 2 aromatic rings. The molecular weight excluding hydrogens is 326 g/mol. The Bertz CT molecular complexity index is 620. The normalized spacial score (nSPS) is 10.8. The lowest BCUT2D eigenvalue weighted by atomic mass is 10.2. The monoisotopic (exact) mass is 339 g/mol. The van der Waals surface area contributed by atoms with Crippen LogP contribution in [-0.2, 0) is 13.1 Å². The molecule has 6 nitrogen and oxygen atoms in total. The van der Waals surface area contributed by atoms with Crippen molar-refractivity contribution in [2.24, 2.45) is 0 Å². The molecule has 0 atom stereocenters. The van der Waals surface area contributed by atoms with Crippen LogP contribution in [0.1, 0.15) is 22.9 Å². The molecule has 0 unspecified atom stereocenters. The average Bonchev–Trinajstić information content (AvgIpc) is 2.70. The van der Waals surface area contributed by atoms with Crippen molar-refractivity contribution in [1.82, 2.24) is 10.3 Å². The number of nitrogens with zero attached hydrogens (tertiary/aromatic N) is 2. The third kappa shape index (κ3) is 3.43. The molecule has 0 bridgehead atoms. The van der Waals surface area contributed by atoms with E-state index in [1.165, 1.54) is 0 Å². The van der Waals surface area contributed by atoms with Crippen LogP contribution in [0.4, 0.5) is 5.69 Å². The van der Waals surface area contributed by atoms with Gasteiger partial charge in [0.2, 0.25) is 5.89 Å². The molecule has 7 heteroatoms. The predicted octanol–water partition coefficient (Wildman–Crippen LogP) is 3.25. The van der Waals surface area contributed by atoms with Gasteiger partial charge in [0, 0.05) is 12.6 Å². The van der Waals surface area contributed by atoms with Crippen molar-refractivity contribution < 1.29 is 9.34 Å². The number of benzene rings is 1. The summed E-state index contributed by atoms with van der Waals surface area (Å²) < 4.78 is 5.92. The van der Waals surface area contributed by atoms with E-state index in [1.807, 2.05) is 19.9 Å². The fourth-order valence-corrected chi connectivity index (χ4v) is 2.13. The number of rotatable bonds is 5. The topological polar surface area (TPSA) is 81.2 Å². The number of oxazole rings is 1. The van der Waals surface area contributed by atoms with E-state index in [9.17, 15) is 10.1 Å². The van der Waals surface area contributed by atoms with E-state index in [2.05, 4.69) is 26.2 Å². The van der Waals surface area contributed by atoms with Gasteiger partial charge in [0.1, 0.15) is 5.76 Å². The third-order valence-corrected chi connectivity index (χ3v) is 3.56. The summed E-state index contributed by atoms with van der Waals surface area (Å²) in [4.78, 5) is 14.7. The van der Waals surface area contributed by atoms with Gasteiger partial charge in [-0.15, -0.1) is 0 Å². The Morgan fingerprint density at radius 1 is 1.40 bits per heavy atom. The summed E-state index contributed by atoms with van der Waals surface area (Å²) >= 11 is 3.16. The maximum Gasteiger partial charge on any atom is 0.283 e. The van der Waals surface area contributed by atoms with Crippen LogP contribution >= 0.6 is 15.9 Å². The van der Waals surface area contributed by atoms with E-state index in [1.54, 1.807) is 12.1 Å². The maximum atomic E-state index is 10.8. The van der Waals surface area contributed by atoms with Crippen LogP contribution in [0.15, 0.2) is 27.1 Å². The second-order valence-corrected chi connectivity index (χ2v) is 5.25. The van der Waals surface area contributed by atoms with Crippen LogP contribution in [0.3, 0.4) is 0 Å². The highest BCUT2D eigenvalue weighted by Crippen LogP contribution is 2.25. The van der Waals surface area contributed by atoms with Crippen molar-refractivity contribution >= 4 is 21.6 Å². The molecule has 0 saturated heterocycles. The zero-order valence-corrected chi connectivity index (χ0v) is 12.7. The van der Waals surface area contributed by atoms with E-state index in [0.29, 0.717) is 23.5 Å². The zero-order chi connectivity index (χ0) is 14.7. The first-order chi connectivity index (χ1) is 9.47. The molecule has 0 amide bonds. The smallest absolute Gasteiger partial charge is 0.283 e. The first-order valence-corrected chi connectivity index (χ1v) is 6.83. The minimum atomic E-state index is -0.408. The fourth-order valence-electron chi connectivity index (χ4n) is 1.74. The van der Waals surface area contributed by atoms with Gasteiger partial charge in [0.25, 0.3) is 5.69 Å².